The first-order valence-electron chi connectivity index (χ1n) is 13.1. The number of likely N-dealkylation sites (N-methyl/N-ethyl adjacent to an activating group) is 1. The van der Waals surface area contributed by atoms with Crippen LogP contribution < -0.4 is 20.3 Å². The first kappa shape index (κ1) is 28.8. The molecule has 10 heteroatoms. The molecule has 0 saturated heterocycles. The monoisotopic (exact) mass is 563 g/mol. The molecule has 0 bridgehead atoms. The van der Waals surface area contributed by atoms with E-state index in [4.69, 9.17) is 25.8 Å². The van der Waals surface area contributed by atoms with Crippen molar-refractivity contribution in [3.8, 4) is 11.5 Å². The summed E-state index contributed by atoms with van der Waals surface area (Å²) in [6, 6.07) is 4.08. The quantitative estimate of drug-likeness (QED) is 0.432. The van der Waals surface area contributed by atoms with Gasteiger partial charge in [0.25, 0.3) is 11.5 Å². The van der Waals surface area contributed by atoms with E-state index in [1.54, 1.807) is 13.2 Å². The minimum atomic E-state index is -0.315. The number of halogens is 1. The number of carbonyl (C=O) groups excluding carboxylic acids is 1. The Balaban J connectivity index is 1.45. The second-order valence-electron chi connectivity index (χ2n) is 10.2. The van der Waals surface area contributed by atoms with E-state index < -0.39 is 0 Å². The second-order valence-corrected chi connectivity index (χ2v) is 11.5. The third-order valence-corrected chi connectivity index (χ3v) is 8.84. The molecule has 4 rings (SSSR count). The number of carbonyl (C=O) groups is 1. The number of aromatic nitrogens is 1. The van der Waals surface area contributed by atoms with E-state index >= 15 is 0 Å². The lowest BCUT2D eigenvalue weighted by Crippen LogP contribution is -2.42. The van der Waals surface area contributed by atoms with E-state index in [2.05, 4.69) is 22.2 Å². The summed E-state index contributed by atoms with van der Waals surface area (Å²) in [5.74, 6) is 1.09. The van der Waals surface area contributed by atoms with E-state index in [-0.39, 0.29) is 24.1 Å². The Morgan fingerprint density at radius 2 is 1.97 bits per heavy atom. The van der Waals surface area contributed by atoms with Gasteiger partial charge in [0.15, 0.2) is 11.5 Å². The zero-order valence-electron chi connectivity index (χ0n) is 22.8. The number of nitrogens with zero attached hydrogens (tertiary/aromatic N) is 1. The molecule has 2 aromatic rings. The maximum Gasteiger partial charge on any atom is 0.254 e. The van der Waals surface area contributed by atoms with Gasteiger partial charge in [-0.3, -0.25) is 9.59 Å². The van der Waals surface area contributed by atoms with E-state index in [0.717, 1.165) is 49.4 Å². The minimum absolute atomic E-state index is 0.0870. The summed E-state index contributed by atoms with van der Waals surface area (Å²) in [5, 5.41) is 3.23. The molecule has 2 heterocycles. The number of amides is 1. The predicted octanol–water partition coefficient (Wildman–Crippen LogP) is 4.57. The molecular weight excluding hydrogens is 526 g/mol. The fourth-order valence-corrected chi connectivity index (χ4v) is 6.38. The Morgan fingerprint density at radius 1 is 1.24 bits per heavy atom. The fourth-order valence-electron chi connectivity index (χ4n) is 5.43. The number of ether oxygens (including phenoxy) is 3. The summed E-state index contributed by atoms with van der Waals surface area (Å²) >= 11 is 8.02. The molecule has 1 aliphatic heterocycles. The number of aryl methyl sites for hydroxylation is 1. The number of thioether (sulfide) groups is 1. The lowest BCUT2D eigenvalue weighted by molar-refractivity contribution is 0.0199. The zero-order valence-corrected chi connectivity index (χ0v) is 24.4. The molecule has 8 nitrogen and oxygen atoms in total. The first-order chi connectivity index (χ1) is 18.2. The lowest BCUT2D eigenvalue weighted by atomic mass is 9.82. The van der Waals surface area contributed by atoms with Gasteiger partial charge < -0.3 is 29.4 Å². The third-order valence-electron chi connectivity index (χ3n) is 7.76. The van der Waals surface area contributed by atoms with Crippen molar-refractivity contribution >= 4 is 29.3 Å². The van der Waals surface area contributed by atoms with Gasteiger partial charge in [0.05, 0.1) is 11.6 Å². The molecule has 2 N–H and O–H groups in total. The van der Waals surface area contributed by atoms with Gasteiger partial charge in [-0.2, -0.15) is 0 Å². The number of methoxy groups -OCH3 is 1. The van der Waals surface area contributed by atoms with Gasteiger partial charge in [-0.25, -0.2) is 0 Å². The highest BCUT2D eigenvalue weighted by atomic mass is 35.5. The van der Waals surface area contributed by atoms with Crippen molar-refractivity contribution < 1.29 is 19.0 Å². The van der Waals surface area contributed by atoms with Crippen molar-refractivity contribution in [2.75, 3.05) is 40.2 Å². The van der Waals surface area contributed by atoms with Crippen LogP contribution in [0.5, 0.6) is 11.5 Å². The number of aromatic amines is 1. The SMILES string of the molecule is COCCN(C)C1CCC(C2COc3c(Cl)cc(C(=O)NCc4c(SC)cc(C)[nH]c4=O)c(C)c3O2)CC1. The van der Waals surface area contributed by atoms with Gasteiger partial charge in [-0.05, 0) is 70.9 Å². The fraction of sp³-hybridized carbons (Fsp3) is 0.571. The normalized spacial score (nSPS) is 21.0. The number of hydrogen-bond donors (Lipinski definition) is 2. The molecule has 1 atom stereocenters. The second kappa shape index (κ2) is 12.8. The topological polar surface area (TPSA) is 92.9 Å². The molecule has 1 unspecified atom stereocenters. The number of H-pyrrole nitrogens is 1. The van der Waals surface area contributed by atoms with Crippen molar-refractivity contribution in [1.29, 1.82) is 0 Å². The standard InChI is InChI=1S/C28H38ClN3O5S/c1-16-12-24(38-5)21(28(34)31-16)14-30-27(33)20-13-22(29)26-25(17(20)2)37-23(15-36-26)18-6-8-19(9-7-18)32(3)10-11-35-4/h12-13,18-19,23H,6-11,14-15H2,1-5H3,(H,30,33)(H,31,34). The highest BCUT2D eigenvalue weighted by Gasteiger charge is 2.35. The minimum Gasteiger partial charge on any atom is -0.484 e. The number of nitrogens with one attached hydrogen (secondary N) is 2. The van der Waals surface area contributed by atoms with Gasteiger partial charge in [0.2, 0.25) is 0 Å². The van der Waals surface area contributed by atoms with Crippen LogP contribution in [0.15, 0.2) is 21.8 Å². The third kappa shape index (κ3) is 6.33. The number of fused-ring (bicyclic) bond motifs is 1. The van der Waals surface area contributed by atoms with Crippen molar-refractivity contribution in [2.24, 2.45) is 5.92 Å². The molecule has 1 aromatic carbocycles. The van der Waals surface area contributed by atoms with E-state index in [9.17, 15) is 9.59 Å². The van der Waals surface area contributed by atoms with Gasteiger partial charge in [0.1, 0.15) is 12.7 Å². The summed E-state index contributed by atoms with van der Waals surface area (Å²) < 4.78 is 17.8. The number of hydrogen-bond acceptors (Lipinski definition) is 7. The average Bonchev–Trinajstić information content (AvgIpc) is 2.92. The van der Waals surface area contributed by atoms with Crippen molar-refractivity contribution in [2.45, 2.75) is 63.1 Å². The Hall–Kier alpha value is -2.20. The van der Waals surface area contributed by atoms with Crippen molar-refractivity contribution in [1.82, 2.24) is 15.2 Å². The molecule has 1 aromatic heterocycles. The maximum atomic E-state index is 13.2. The zero-order chi connectivity index (χ0) is 27.4. The lowest BCUT2D eigenvalue weighted by Gasteiger charge is -2.39. The molecule has 1 saturated carbocycles. The summed E-state index contributed by atoms with van der Waals surface area (Å²) in [4.78, 5) is 31.7. The average molecular weight is 564 g/mol. The van der Waals surface area contributed by atoms with Crippen LogP contribution in [-0.4, -0.2) is 68.1 Å². The van der Waals surface area contributed by atoms with E-state index in [1.807, 2.05) is 26.2 Å². The number of rotatable bonds is 9. The van der Waals surface area contributed by atoms with Gasteiger partial charge in [-0.1, -0.05) is 11.6 Å². The van der Waals surface area contributed by atoms with E-state index in [1.165, 1.54) is 11.8 Å². The van der Waals surface area contributed by atoms with Crippen LogP contribution in [0.3, 0.4) is 0 Å². The highest BCUT2D eigenvalue weighted by Crippen LogP contribution is 2.45. The van der Waals surface area contributed by atoms with Gasteiger partial charge in [0, 0.05) is 53.5 Å². The smallest absolute Gasteiger partial charge is 0.254 e. The maximum absolute atomic E-state index is 13.2. The highest BCUT2D eigenvalue weighted by molar-refractivity contribution is 7.98. The summed E-state index contributed by atoms with van der Waals surface area (Å²) in [5.41, 5.74) is 2.21. The Kier molecular flexibility index (Phi) is 9.68. The van der Waals surface area contributed by atoms with Crippen LogP contribution in [0.2, 0.25) is 5.02 Å². The summed E-state index contributed by atoms with van der Waals surface area (Å²) in [6.45, 7) is 5.92. The number of benzene rings is 1. The first-order valence-corrected chi connectivity index (χ1v) is 14.7. The van der Waals surface area contributed by atoms with Crippen LogP contribution in [0.1, 0.15) is 52.9 Å². The Morgan fingerprint density at radius 3 is 2.66 bits per heavy atom. The molecule has 208 valence electrons. The number of pyridine rings is 1. The van der Waals surface area contributed by atoms with Crippen LogP contribution in [0.25, 0.3) is 0 Å². The molecule has 1 aliphatic carbocycles. The predicted molar refractivity (Wildman–Crippen MR) is 151 cm³/mol. The van der Waals surface area contributed by atoms with Crippen molar-refractivity contribution in [3.63, 3.8) is 0 Å². The van der Waals surface area contributed by atoms with Gasteiger partial charge in [-0.15, -0.1) is 11.8 Å². The molecule has 0 spiro atoms. The van der Waals surface area contributed by atoms with Crippen LogP contribution in [0.4, 0.5) is 0 Å². The van der Waals surface area contributed by atoms with Crippen LogP contribution in [0, 0.1) is 19.8 Å². The van der Waals surface area contributed by atoms with Crippen molar-refractivity contribution in [3.05, 3.63) is 49.9 Å². The van der Waals surface area contributed by atoms with Crippen LogP contribution >= 0.6 is 23.4 Å². The Labute approximate surface area is 233 Å². The van der Waals surface area contributed by atoms with E-state index in [0.29, 0.717) is 51.8 Å². The Bertz CT molecular complexity index is 1210. The molecule has 1 amide bonds. The molecule has 0 radical (unpaired) electrons. The molecule has 2 aliphatic rings. The van der Waals surface area contributed by atoms with Crippen LogP contribution in [-0.2, 0) is 11.3 Å². The molecule has 1 fully saturated rings. The summed E-state index contributed by atoms with van der Waals surface area (Å²) in [7, 11) is 3.90. The molecule has 38 heavy (non-hydrogen) atoms. The molecular formula is C28H38ClN3O5S. The summed E-state index contributed by atoms with van der Waals surface area (Å²) in [6.07, 6.45) is 6.15. The van der Waals surface area contributed by atoms with Gasteiger partial charge >= 0.3 is 0 Å². The largest absolute Gasteiger partial charge is 0.484 e.